The number of aromatic hydroxyl groups is 1. The lowest BCUT2D eigenvalue weighted by Gasteiger charge is -2.07. The Balaban J connectivity index is 1.69. The van der Waals surface area contributed by atoms with Gasteiger partial charge in [-0.1, -0.05) is 6.07 Å². The first-order valence-corrected chi connectivity index (χ1v) is 6.34. The predicted molar refractivity (Wildman–Crippen MR) is 73.3 cm³/mol. The molecule has 5 heteroatoms. The van der Waals surface area contributed by atoms with Crippen LogP contribution in [0.15, 0.2) is 30.6 Å². The summed E-state index contributed by atoms with van der Waals surface area (Å²) in [5.41, 5.74) is 1.04. The minimum atomic E-state index is 0.178. The average molecular weight is 261 g/mol. The molecule has 1 heterocycles. The summed E-state index contributed by atoms with van der Waals surface area (Å²) in [4.78, 5) is 7.25. The van der Waals surface area contributed by atoms with Gasteiger partial charge in [0.05, 0.1) is 7.11 Å². The van der Waals surface area contributed by atoms with Crippen molar-refractivity contribution in [2.75, 3.05) is 13.7 Å². The summed E-state index contributed by atoms with van der Waals surface area (Å²) in [5, 5.41) is 13.0. The number of imidazole rings is 1. The molecular formula is C14H19N3O2. The van der Waals surface area contributed by atoms with Crippen LogP contribution < -0.4 is 10.1 Å². The molecule has 2 aromatic rings. The molecule has 3 N–H and O–H groups in total. The van der Waals surface area contributed by atoms with Gasteiger partial charge in [-0.25, -0.2) is 4.98 Å². The van der Waals surface area contributed by atoms with Gasteiger partial charge in [-0.05, 0) is 30.7 Å². The number of hydrogen-bond acceptors (Lipinski definition) is 4. The Hall–Kier alpha value is -2.01. The highest BCUT2D eigenvalue weighted by Gasteiger charge is 2.02. The number of methoxy groups -OCH3 is 1. The van der Waals surface area contributed by atoms with Crippen LogP contribution in [0, 0.1) is 0 Å². The van der Waals surface area contributed by atoms with Crippen LogP contribution in [0.5, 0.6) is 11.5 Å². The number of nitrogens with zero attached hydrogens (tertiary/aromatic N) is 1. The Labute approximate surface area is 112 Å². The number of aromatic nitrogens is 2. The average Bonchev–Trinajstić information content (AvgIpc) is 2.92. The summed E-state index contributed by atoms with van der Waals surface area (Å²) < 4.78 is 5.00. The number of phenols is 1. The zero-order valence-corrected chi connectivity index (χ0v) is 11.0. The lowest BCUT2D eigenvalue weighted by molar-refractivity contribution is 0.373. The summed E-state index contributed by atoms with van der Waals surface area (Å²) in [7, 11) is 1.54. The maximum atomic E-state index is 9.65. The van der Waals surface area contributed by atoms with E-state index in [9.17, 15) is 5.11 Å². The van der Waals surface area contributed by atoms with Crippen LogP contribution in [0.25, 0.3) is 0 Å². The minimum Gasteiger partial charge on any atom is -0.504 e. The van der Waals surface area contributed by atoms with Gasteiger partial charge < -0.3 is 20.1 Å². The van der Waals surface area contributed by atoms with Crippen molar-refractivity contribution in [3.8, 4) is 11.5 Å². The normalized spacial score (nSPS) is 10.6. The van der Waals surface area contributed by atoms with Crippen molar-refractivity contribution in [3.05, 3.63) is 42.0 Å². The van der Waals surface area contributed by atoms with Crippen molar-refractivity contribution in [1.29, 1.82) is 0 Å². The molecule has 0 aliphatic carbocycles. The highest BCUT2D eigenvalue weighted by molar-refractivity contribution is 5.41. The van der Waals surface area contributed by atoms with Gasteiger partial charge in [-0.3, -0.25) is 0 Å². The molecule has 0 fully saturated rings. The van der Waals surface area contributed by atoms with Crippen LogP contribution in [0.4, 0.5) is 0 Å². The van der Waals surface area contributed by atoms with E-state index in [1.807, 2.05) is 12.3 Å². The largest absolute Gasteiger partial charge is 0.504 e. The number of hydrogen-bond donors (Lipinski definition) is 3. The molecule has 102 valence electrons. The van der Waals surface area contributed by atoms with Gasteiger partial charge in [0, 0.05) is 25.4 Å². The fourth-order valence-corrected chi connectivity index (χ4v) is 1.89. The summed E-state index contributed by atoms with van der Waals surface area (Å²) in [6, 6.07) is 5.44. The summed E-state index contributed by atoms with van der Waals surface area (Å²) in [6.45, 7) is 1.64. The van der Waals surface area contributed by atoms with Gasteiger partial charge in [0.25, 0.3) is 0 Å². The first-order chi connectivity index (χ1) is 9.29. The van der Waals surface area contributed by atoms with E-state index in [2.05, 4.69) is 15.3 Å². The first kappa shape index (κ1) is 13.4. The lowest BCUT2D eigenvalue weighted by Crippen LogP contribution is -2.15. The smallest absolute Gasteiger partial charge is 0.160 e. The second-order valence-corrected chi connectivity index (χ2v) is 4.32. The van der Waals surface area contributed by atoms with Crippen molar-refractivity contribution in [3.63, 3.8) is 0 Å². The van der Waals surface area contributed by atoms with Crippen LogP contribution >= 0.6 is 0 Å². The van der Waals surface area contributed by atoms with Crippen molar-refractivity contribution < 1.29 is 9.84 Å². The molecule has 0 atom stereocenters. The minimum absolute atomic E-state index is 0.178. The summed E-state index contributed by atoms with van der Waals surface area (Å²) in [6.07, 6.45) is 5.56. The van der Waals surface area contributed by atoms with Crippen molar-refractivity contribution in [2.45, 2.75) is 19.4 Å². The number of ether oxygens (including phenoxy) is 1. The molecule has 0 spiro atoms. The van der Waals surface area contributed by atoms with Crippen molar-refractivity contribution in [2.24, 2.45) is 0 Å². The standard InChI is InChI=1S/C14H19N3O2/c1-19-13-5-4-11(9-12(13)18)10-15-6-2-3-14-16-7-8-17-14/h4-5,7-9,15,18H,2-3,6,10H2,1H3,(H,16,17). The van der Waals surface area contributed by atoms with Gasteiger partial charge in [0.1, 0.15) is 5.82 Å². The van der Waals surface area contributed by atoms with E-state index in [-0.39, 0.29) is 5.75 Å². The molecule has 5 nitrogen and oxygen atoms in total. The Kier molecular flexibility index (Phi) is 4.80. The highest BCUT2D eigenvalue weighted by Crippen LogP contribution is 2.25. The number of H-pyrrole nitrogens is 1. The Morgan fingerprint density at radius 1 is 1.42 bits per heavy atom. The van der Waals surface area contributed by atoms with Crippen molar-refractivity contribution in [1.82, 2.24) is 15.3 Å². The number of aryl methyl sites for hydroxylation is 1. The molecule has 0 saturated carbocycles. The zero-order chi connectivity index (χ0) is 13.5. The predicted octanol–water partition coefficient (Wildman–Crippen LogP) is 1.85. The third-order valence-electron chi connectivity index (χ3n) is 2.89. The SMILES string of the molecule is COc1ccc(CNCCCc2ncc[nH]2)cc1O. The Morgan fingerprint density at radius 2 is 2.32 bits per heavy atom. The topological polar surface area (TPSA) is 70.2 Å². The van der Waals surface area contributed by atoms with E-state index in [1.165, 1.54) is 0 Å². The van der Waals surface area contributed by atoms with Gasteiger partial charge in [-0.2, -0.15) is 0 Å². The second-order valence-electron chi connectivity index (χ2n) is 4.32. The van der Waals surface area contributed by atoms with E-state index in [4.69, 9.17) is 4.74 Å². The van der Waals surface area contributed by atoms with Crippen LogP contribution in [0.1, 0.15) is 17.8 Å². The van der Waals surface area contributed by atoms with Crippen LogP contribution in [-0.2, 0) is 13.0 Å². The first-order valence-electron chi connectivity index (χ1n) is 6.34. The van der Waals surface area contributed by atoms with Crippen LogP contribution in [-0.4, -0.2) is 28.7 Å². The lowest BCUT2D eigenvalue weighted by atomic mass is 10.2. The number of aromatic amines is 1. The third kappa shape index (κ3) is 3.99. The van der Waals surface area contributed by atoms with Gasteiger partial charge in [-0.15, -0.1) is 0 Å². The molecule has 1 aromatic carbocycles. The Bertz CT molecular complexity index is 497. The Morgan fingerprint density at radius 3 is 3.00 bits per heavy atom. The molecule has 0 radical (unpaired) electrons. The third-order valence-corrected chi connectivity index (χ3v) is 2.89. The summed E-state index contributed by atoms with van der Waals surface area (Å²) in [5.74, 6) is 1.70. The highest BCUT2D eigenvalue weighted by atomic mass is 16.5. The molecule has 1 aromatic heterocycles. The monoisotopic (exact) mass is 261 g/mol. The number of phenolic OH excluding ortho intramolecular Hbond substituents is 1. The van der Waals surface area contributed by atoms with Gasteiger partial charge in [0.2, 0.25) is 0 Å². The fraction of sp³-hybridized carbons (Fsp3) is 0.357. The molecule has 0 unspecified atom stereocenters. The number of rotatable bonds is 7. The molecule has 0 saturated heterocycles. The molecule has 0 aliphatic heterocycles. The fourth-order valence-electron chi connectivity index (χ4n) is 1.89. The van der Waals surface area contributed by atoms with E-state index >= 15 is 0 Å². The molecular weight excluding hydrogens is 242 g/mol. The number of benzene rings is 1. The number of nitrogens with one attached hydrogen (secondary N) is 2. The van der Waals surface area contributed by atoms with Gasteiger partial charge in [0.15, 0.2) is 11.5 Å². The maximum Gasteiger partial charge on any atom is 0.160 e. The maximum absolute atomic E-state index is 9.65. The molecule has 2 rings (SSSR count). The zero-order valence-electron chi connectivity index (χ0n) is 11.0. The van der Waals surface area contributed by atoms with E-state index < -0.39 is 0 Å². The van der Waals surface area contributed by atoms with E-state index in [1.54, 1.807) is 25.4 Å². The quantitative estimate of drug-likeness (QED) is 0.665. The van der Waals surface area contributed by atoms with E-state index in [0.29, 0.717) is 5.75 Å². The summed E-state index contributed by atoms with van der Waals surface area (Å²) >= 11 is 0. The second kappa shape index (κ2) is 6.80. The molecule has 0 aliphatic rings. The molecule has 0 bridgehead atoms. The van der Waals surface area contributed by atoms with Crippen LogP contribution in [0.2, 0.25) is 0 Å². The van der Waals surface area contributed by atoms with Gasteiger partial charge >= 0.3 is 0 Å². The molecule has 0 amide bonds. The molecule has 19 heavy (non-hydrogen) atoms. The van der Waals surface area contributed by atoms with Crippen LogP contribution in [0.3, 0.4) is 0 Å². The van der Waals surface area contributed by atoms with E-state index in [0.717, 1.165) is 37.3 Å². The van der Waals surface area contributed by atoms with Crippen molar-refractivity contribution >= 4 is 0 Å².